The largest absolute Gasteiger partial charge is 0.487 e. The Morgan fingerprint density at radius 2 is 1.70 bits per heavy atom. The van der Waals surface area contributed by atoms with E-state index in [0.29, 0.717) is 17.2 Å². The zero-order valence-electron chi connectivity index (χ0n) is 18.8. The van der Waals surface area contributed by atoms with Gasteiger partial charge in [0.1, 0.15) is 18.1 Å². The number of ether oxygens (including phenoxy) is 2. The molecule has 0 heterocycles. The molecule has 7 nitrogen and oxygen atoms in total. The maximum Gasteiger partial charge on any atom is 0.341 e. The first-order valence-electron chi connectivity index (χ1n) is 10.4. The molecule has 0 bridgehead atoms. The van der Waals surface area contributed by atoms with E-state index in [4.69, 9.17) is 14.6 Å². The summed E-state index contributed by atoms with van der Waals surface area (Å²) in [5, 5.41) is 8.79. The van der Waals surface area contributed by atoms with Gasteiger partial charge in [0.2, 0.25) is 0 Å². The molecule has 1 N–H and O–H groups in total. The molecular formula is C25H27NO6S. The van der Waals surface area contributed by atoms with Crippen LogP contribution < -0.4 is 13.8 Å². The predicted octanol–water partition coefficient (Wildman–Crippen LogP) is 4.64. The molecular weight excluding hydrogens is 442 g/mol. The Labute approximate surface area is 194 Å². The summed E-state index contributed by atoms with van der Waals surface area (Å²) in [6.45, 7) is 5.24. The van der Waals surface area contributed by atoms with Crippen molar-refractivity contribution < 1.29 is 27.8 Å². The summed E-state index contributed by atoms with van der Waals surface area (Å²) in [6, 6.07) is 20.3. The highest BCUT2D eigenvalue weighted by Gasteiger charge is 2.29. The summed E-state index contributed by atoms with van der Waals surface area (Å²) in [4.78, 5) is 10.9. The second-order valence-electron chi connectivity index (χ2n) is 7.80. The fourth-order valence-corrected chi connectivity index (χ4v) is 5.03. The number of aliphatic carboxylic acids is 1. The summed E-state index contributed by atoms with van der Waals surface area (Å²) in [5.74, 6) is -0.215. The van der Waals surface area contributed by atoms with Crippen molar-refractivity contribution in [3.05, 3.63) is 83.9 Å². The van der Waals surface area contributed by atoms with Crippen molar-refractivity contribution in [1.29, 1.82) is 0 Å². The van der Waals surface area contributed by atoms with Crippen LogP contribution in [0.5, 0.6) is 11.5 Å². The van der Waals surface area contributed by atoms with E-state index >= 15 is 0 Å². The van der Waals surface area contributed by atoms with E-state index in [1.54, 1.807) is 60.7 Å². The third kappa shape index (κ3) is 6.04. The number of nitrogens with zero attached hydrogens (tertiary/aromatic N) is 1. The second-order valence-corrected chi connectivity index (χ2v) is 9.61. The van der Waals surface area contributed by atoms with Gasteiger partial charge in [0.05, 0.1) is 10.6 Å². The number of hydrogen-bond donors (Lipinski definition) is 1. The summed E-state index contributed by atoms with van der Waals surface area (Å²) in [6.07, 6.45) is 0. The zero-order valence-corrected chi connectivity index (χ0v) is 19.6. The lowest BCUT2D eigenvalue weighted by Gasteiger charge is -2.30. The van der Waals surface area contributed by atoms with Gasteiger partial charge >= 0.3 is 5.97 Å². The van der Waals surface area contributed by atoms with Gasteiger partial charge in [-0.15, -0.1) is 0 Å². The normalized spacial score (nSPS) is 11.3. The van der Waals surface area contributed by atoms with Gasteiger partial charge in [0, 0.05) is 6.04 Å². The lowest BCUT2D eigenvalue weighted by atomic mass is 10.2. The first-order valence-corrected chi connectivity index (χ1v) is 11.9. The molecule has 0 unspecified atom stereocenters. The number of hydrogen-bond acceptors (Lipinski definition) is 5. The topological polar surface area (TPSA) is 93.1 Å². The molecule has 0 spiro atoms. The van der Waals surface area contributed by atoms with Crippen LogP contribution in [-0.4, -0.2) is 32.1 Å². The third-order valence-electron chi connectivity index (χ3n) is 4.78. The van der Waals surface area contributed by atoms with Crippen LogP contribution in [0.15, 0.2) is 77.7 Å². The predicted molar refractivity (Wildman–Crippen MR) is 126 cm³/mol. The van der Waals surface area contributed by atoms with E-state index < -0.39 is 22.6 Å². The fourth-order valence-electron chi connectivity index (χ4n) is 3.34. The highest BCUT2D eigenvalue weighted by Crippen LogP contribution is 2.35. The first kappa shape index (κ1) is 24.1. The van der Waals surface area contributed by atoms with E-state index in [1.807, 2.05) is 32.9 Å². The fraction of sp³-hybridized carbons (Fsp3) is 0.240. The van der Waals surface area contributed by atoms with Gasteiger partial charge in [-0.2, -0.15) is 0 Å². The van der Waals surface area contributed by atoms with E-state index in [9.17, 15) is 13.2 Å². The van der Waals surface area contributed by atoms with Gasteiger partial charge in [-0.25, -0.2) is 13.2 Å². The number of carbonyl (C=O) groups is 1. The summed E-state index contributed by atoms with van der Waals surface area (Å²) in [5.41, 5.74) is 2.12. The molecule has 174 valence electrons. The zero-order chi connectivity index (χ0) is 24.0. The van der Waals surface area contributed by atoms with Crippen molar-refractivity contribution in [2.75, 3.05) is 10.9 Å². The van der Waals surface area contributed by atoms with Crippen molar-refractivity contribution >= 4 is 21.7 Å². The highest BCUT2D eigenvalue weighted by molar-refractivity contribution is 7.92. The number of sulfonamides is 1. The molecule has 8 heteroatoms. The molecule has 0 radical (unpaired) electrons. The van der Waals surface area contributed by atoms with E-state index in [1.165, 1.54) is 4.31 Å². The Hall–Kier alpha value is -3.52. The van der Waals surface area contributed by atoms with Crippen LogP contribution in [0, 0.1) is 6.92 Å². The molecule has 0 aliphatic carbocycles. The SMILES string of the molecule is Cc1ccc(N(C(C)C)S(=O)(=O)c2ccccc2)c(OCc2cccc(OCC(=O)O)c2)c1. The lowest BCUT2D eigenvalue weighted by molar-refractivity contribution is -0.139. The summed E-state index contributed by atoms with van der Waals surface area (Å²) < 4.78 is 39.6. The van der Waals surface area contributed by atoms with Crippen LogP contribution >= 0.6 is 0 Å². The average Bonchev–Trinajstić information content (AvgIpc) is 2.78. The van der Waals surface area contributed by atoms with Crippen LogP contribution in [0.1, 0.15) is 25.0 Å². The summed E-state index contributed by atoms with van der Waals surface area (Å²) in [7, 11) is -3.82. The number of benzene rings is 3. The van der Waals surface area contributed by atoms with Gasteiger partial charge in [-0.05, 0) is 68.3 Å². The number of carboxylic acids is 1. The first-order chi connectivity index (χ1) is 15.7. The van der Waals surface area contributed by atoms with Crippen molar-refractivity contribution in [2.45, 2.75) is 38.3 Å². The Morgan fingerprint density at radius 1 is 0.970 bits per heavy atom. The molecule has 0 amide bonds. The molecule has 0 aliphatic heterocycles. The third-order valence-corrected chi connectivity index (χ3v) is 6.78. The second kappa shape index (κ2) is 10.4. The molecule has 0 saturated carbocycles. The average molecular weight is 470 g/mol. The minimum Gasteiger partial charge on any atom is -0.487 e. The molecule has 3 rings (SSSR count). The number of rotatable bonds is 10. The number of carboxylic acid groups (broad SMARTS) is 1. The van der Waals surface area contributed by atoms with Crippen molar-refractivity contribution in [3.8, 4) is 11.5 Å². The quantitative estimate of drug-likeness (QED) is 0.465. The highest BCUT2D eigenvalue weighted by atomic mass is 32.2. The number of anilines is 1. The molecule has 3 aromatic rings. The standard InChI is InChI=1S/C25H27NO6S/c1-18(2)26(33(29,30)22-10-5-4-6-11-22)23-13-12-19(3)14-24(23)32-16-20-8-7-9-21(15-20)31-17-25(27)28/h4-15,18H,16-17H2,1-3H3,(H,27,28). The molecule has 0 saturated heterocycles. The minimum atomic E-state index is -3.82. The van der Waals surface area contributed by atoms with Gasteiger partial charge in [0.15, 0.2) is 6.61 Å². The lowest BCUT2D eigenvalue weighted by Crippen LogP contribution is -2.37. The maximum atomic E-state index is 13.5. The number of aryl methyl sites for hydroxylation is 1. The monoisotopic (exact) mass is 469 g/mol. The Bertz CT molecular complexity index is 1210. The van der Waals surface area contributed by atoms with Crippen molar-refractivity contribution in [2.24, 2.45) is 0 Å². The maximum absolute atomic E-state index is 13.5. The molecule has 0 fully saturated rings. The molecule has 0 aromatic heterocycles. The summed E-state index contributed by atoms with van der Waals surface area (Å²) >= 11 is 0. The molecule has 0 atom stereocenters. The molecule has 0 aliphatic rings. The van der Waals surface area contributed by atoms with Crippen LogP contribution in [0.2, 0.25) is 0 Å². The van der Waals surface area contributed by atoms with E-state index in [2.05, 4.69) is 0 Å². The minimum absolute atomic E-state index is 0.151. The van der Waals surface area contributed by atoms with Gasteiger partial charge in [-0.1, -0.05) is 36.4 Å². The van der Waals surface area contributed by atoms with Crippen LogP contribution in [0.4, 0.5) is 5.69 Å². The van der Waals surface area contributed by atoms with Crippen LogP contribution in [-0.2, 0) is 21.4 Å². The van der Waals surface area contributed by atoms with Gasteiger partial charge < -0.3 is 14.6 Å². The molecule has 33 heavy (non-hydrogen) atoms. The molecule has 3 aromatic carbocycles. The van der Waals surface area contributed by atoms with Gasteiger partial charge in [0.25, 0.3) is 10.0 Å². The Kier molecular flexibility index (Phi) is 7.60. The smallest absolute Gasteiger partial charge is 0.341 e. The Morgan fingerprint density at radius 3 is 2.36 bits per heavy atom. The van der Waals surface area contributed by atoms with Crippen molar-refractivity contribution in [3.63, 3.8) is 0 Å². The van der Waals surface area contributed by atoms with Crippen LogP contribution in [0.25, 0.3) is 0 Å². The van der Waals surface area contributed by atoms with Crippen LogP contribution in [0.3, 0.4) is 0 Å². The van der Waals surface area contributed by atoms with E-state index in [0.717, 1.165) is 11.1 Å². The van der Waals surface area contributed by atoms with Crippen molar-refractivity contribution in [1.82, 2.24) is 0 Å². The Balaban J connectivity index is 1.91. The van der Waals surface area contributed by atoms with Gasteiger partial charge in [-0.3, -0.25) is 4.31 Å². The van der Waals surface area contributed by atoms with E-state index in [-0.39, 0.29) is 17.5 Å².